The summed E-state index contributed by atoms with van der Waals surface area (Å²) in [5.74, 6) is -0.346. The van der Waals surface area contributed by atoms with E-state index < -0.39 is 14.9 Å². The van der Waals surface area contributed by atoms with Crippen molar-refractivity contribution < 1.29 is 18.8 Å². The maximum absolute atomic E-state index is 11.6. The lowest BCUT2D eigenvalue weighted by Gasteiger charge is -2.25. The Balaban J connectivity index is 0.00000153. The second-order valence-corrected chi connectivity index (χ2v) is 9.39. The van der Waals surface area contributed by atoms with Gasteiger partial charge in [0, 0.05) is 4.57 Å². The van der Waals surface area contributed by atoms with Crippen LogP contribution in [0.2, 0.25) is 0 Å². The first-order valence-corrected chi connectivity index (χ1v) is 10.6. The van der Waals surface area contributed by atoms with Gasteiger partial charge in [0.1, 0.15) is 0 Å². The summed E-state index contributed by atoms with van der Waals surface area (Å²) in [5.41, 5.74) is 3.35. The Kier molecular flexibility index (Phi) is 10.9. The molecule has 1 atom stereocenters. The fourth-order valence-corrected chi connectivity index (χ4v) is 2.21. The Labute approximate surface area is 166 Å². The minimum Gasteiger partial charge on any atom is -0.292 e. The maximum atomic E-state index is 11.6. The molecule has 0 aliphatic heterocycles. The molecule has 0 saturated carbocycles. The number of unbranched alkanes of at least 4 members (excludes halogenated alkanes) is 1. The van der Waals surface area contributed by atoms with Gasteiger partial charge in [0.15, 0.2) is 12.4 Å². The van der Waals surface area contributed by atoms with E-state index in [9.17, 15) is 9.36 Å². The number of rotatable bonds is 6. The SMILES string of the molecule is CC(C)(C)c1cc(/C=C/C(=O)CO[P+](=O)O)cc(C(C)(C)C)c1.CCCC. The first-order chi connectivity index (χ1) is 12.3. The first-order valence-electron chi connectivity index (χ1n) is 9.47. The second-order valence-electron chi connectivity index (χ2n) is 8.65. The zero-order valence-corrected chi connectivity index (χ0v) is 19.0. The molecule has 0 fully saturated rings. The number of carbonyl (C=O) groups is 1. The summed E-state index contributed by atoms with van der Waals surface area (Å²) in [7, 11) is -2.74. The third kappa shape index (κ3) is 11.2. The normalized spacial score (nSPS) is 12.6. The summed E-state index contributed by atoms with van der Waals surface area (Å²) in [5, 5.41) is 0. The average Bonchev–Trinajstić information content (AvgIpc) is 2.56. The van der Waals surface area contributed by atoms with E-state index in [1.165, 1.54) is 30.0 Å². The van der Waals surface area contributed by atoms with Gasteiger partial charge in [0.05, 0.1) is 0 Å². The Morgan fingerprint density at radius 1 is 1.00 bits per heavy atom. The van der Waals surface area contributed by atoms with Gasteiger partial charge < -0.3 is 0 Å². The molecule has 5 heteroatoms. The monoisotopic (exact) mass is 395 g/mol. The number of carbonyl (C=O) groups excluding carboxylic acids is 1. The minimum absolute atomic E-state index is 0.00620. The van der Waals surface area contributed by atoms with Crippen LogP contribution >= 0.6 is 8.25 Å². The van der Waals surface area contributed by atoms with E-state index in [-0.39, 0.29) is 16.6 Å². The number of hydrogen-bond acceptors (Lipinski definition) is 3. The topological polar surface area (TPSA) is 63.6 Å². The molecule has 0 bridgehead atoms. The van der Waals surface area contributed by atoms with Gasteiger partial charge in [-0.3, -0.25) is 4.79 Å². The lowest BCUT2D eigenvalue weighted by atomic mass is 9.79. The molecule has 4 nitrogen and oxygen atoms in total. The van der Waals surface area contributed by atoms with Gasteiger partial charge in [-0.05, 0) is 33.6 Å². The van der Waals surface area contributed by atoms with E-state index in [1.54, 1.807) is 6.08 Å². The third-order valence-electron chi connectivity index (χ3n) is 3.97. The molecule has 0 heterocycles. The molecule has 152 valence electrons. The Morgan fingerprint density at radius 2 is 1.44 bits per heavy atom. The minimum atomic E-state index is -2.74. The molecule has 1 aromatic carbocycles. The smallest absolute Gasteiger partial charge is 0.292 e. The van der Waals surface area contributed by atoms with Gasteiger partial charge in [-0.25, -0.2) is 0 Å². The third-order valence-corrected chi connectivity index (χ3v) is 4.32. The molecule has 0 radical (unpaired) electrons. The van der Waals surface area contributed by atoms with Crippen molar-refractivity contribution in [1.82, 2.24) is 0 Å². The van der Waals surface area contributed by atoms with E-state index >= 15 is 0 Å². The summed E-state index contributed by atoms with van der Waals surface area (Å²) in [6.07, 6.45) is 5.74. The Bertz CT molecular complexity index is 615. The van der Waals surface area contributed by atoms with E-state index in [0.29, 0.717) is 0 Å². The fraction of sp³-hybridized carbons (Fsp3) is 0.591. The maximum Gasteiger partial charge on any atom is 0.695 e. The summed E-state index contributed by atoms with van der Waals surface area (Å²) >= 11 is 0. The standard InChI is InChI=1S/C18H25O4P.C4H10/c1-17(2,3)14-9-13(10-15(11-14)18(4,5)6)7-8-16(19)12-22-23(20)21;1-3-4-2/h7-11H,12H2,1-6H3;3-4H2,1-2H3/p+1/b8-7+;. The van der Waals surface area contributed by atoms with Crippen molar-refractivity contribution in [2.45, 2.75) is 79.1 Å². The highest BCUT2D eigenvalue weighted by Gasteiger charge is 2.20. The highest BCUT2D eigenvalue weighted by Crippen LogP contribution is 2.30. The molecule has 0 aliphatic carbocycles. The van der Waals surface area contributed by atoms with Crippen molar-refractivity contribution in [3.05, 3.63) is 41.0 Å². The van der Waals surface area contributed by atoms with E-state index in [0.717, 1.165) is 5.56 Å². The van der Waals surface area contributed by atoms with Crippen molar-refractivity contribution in [1.29, 1.82) is 0 Å². The zero-order chi connectivity index (χ0) is 21.3. The van der Waals surface area contributed by atoms with Gasteiger partial charge in [-0.1, -0.05) is 92.5 Å². The Hall–Kier alpha value is -1.35. The number of benzene rings is 1. The van der Waals surface area contributed by atoms with Crippen LogP contribution in [0.3, 0.4) is 0 Å². The molecular formula is C22H36O4P+. The number of hydrogen-bond donors (Lipinski definition) is 1. The number of ketones is 1. The largest absolute Gasteiger partial charge is 0.695 e. The van der Waals surface area contributed by atoms with Crippen molar-refractivity contribution in [2.75, 3.05) is 6.61 Å². The summed E-state index contributed by atoms with van der Waals surface area (Å²) in [6.45, 7) is 16.9. The van der Waals surface area contributed by atoms with Crippen LogP contribution in [0.1, 0.15) is 84.9 Å². The van der Waals surface area contributed by atoms with Crippen LogP contribution in [0.5, 0.6) is 0 Å². The van der Waals surface area contributed by atoms with Gasteiger partial charge in [-0.15, -0.1) is 9.42 Å². The Morgan fingerprint density at radius 3 is 1.78 bits per heavy atom. The molecule has 27 heavy (non-hydrogen) atoms. The van der Waals surface area contributed by atoms with E-state index in [1.807, 2.05) is 0 Å². The molecule has 1 unspecified atom stereocenters. The lowest BCUT2D eigenvalue weighted by molar-refractivity contribution is -0.116. The molecule has 0 amide bonds. The molecule has 0 aliphatic rings. The lowest BCUT2D eigenvalue weighted by Crippen LogP contribution is -2.16. The molecule has 0 spiro atoms. The molecule has 1 rings (SSSR count). The highest BCUT2D eigenvalue weighted by molar-refractivity contribution is 7.32. The molecule has 0 saturated heterocycles. The second kappa shape index (κ2) is 11.5. The van der Waals surface area contributed by atoms with Crippen LogP contribution < -0.4 is 0 Å². The van der Waals surface area contributed by atoms with Crippen LogP contribution in [0.4, 0.5) is 0 Å². The summed E-state index contributed by atoms with van der Waals surface area (Å²) < 4.78 is 14.8. The fourth-order valence-electron chi connectivity index (χ4n) is 1.97. The van der Waals surface area contributed by atoms with Crippen molar-refractivity contribution >= 4 is 20.1 Å². The summed E-state index contributed by atoms with van der Waals surface area (Å²) in [6, 6.07) is 6.33. The van der Waals surface area contributed by atoms with Gasteiger partial charge in [0.2, 0.25) is 0 Å². The van der Waals surface area contributed by atoms with E-state index in [2.05, 4.69) is 78.1 Å². The predicted octanol–water partition coefficient (Wildman–Crippen LogP) is 6.34. The van der Waals surface area contributed by atoms with Gasteiger partial charge in [-0.2, -0.15) is 0 Å². The van der Waals surface area contributed by atoms with Crippen molar-refractivity contribution in [3.8, 4) is 0 Å². The molecule has 1 aromatic rings. The van der Waals surface area contributed by atoms with Gasteiger partial charge >= 0.3 is 8.25 Å². The van der Waals surface area contributed by atoms with E-state index in [4.69, 9.17) is 4.89 Å². The predicted molar refractivity (Wildman–Crippen MR) is 114 cm³/mol. The quantitative estimate of drug-likeness (QED) is 0.451. The molecule has 0 aromatic heterocycles. The van der Waals surface area contributed by atoms with Crippen LogP contribution in [0, 0.1) is 0 Å². The van der Waals surface area contributed by atoms with Crippen LogP contribution in [-0.2, 0) is 24.7 Å². The van der Waals surface area contributed by atoms with Crippen LogP contribution in [-0.4, -0.2) is 17.3 Å². The molecular weight excluding hydrogens is 359 g/mol. The first kappa shape index (κ1) is 25.6. The highest BCUT2D eigenvalue weighted by atomic mass is 31.1. The molecule has 1 N–H and O–H groups in total. The summed E-state index contributed by atoms with van der Waals surface area (Å²) in [4.78, 5) is 20.2. The van der Waals surface area contributed by atoms with Crippen LogP contribution in [0.15, 0.2) is 24.3 Å². The van der Waals surface area contributed by atoms with Crippen LogP contribution in [0.25, 0.3) is 6.08 Å². The average molecular weight is 396 g/mol. The van der Waals surface area contributed by atoms with Gasteiger partial charge in [0.25, 0.3) is 0 Å². The van der Waals surface area contributed by atoms with Crippen molar-refractivity contribution in [3.63, 3.8) is 0 Å². The zero-order valence-electron chi connectivity index (χ0n) is 18.1. The van der Waals surface area contributed by atoms with Crippen molar-refractivity contribution in [2.24, 2.45) is 0 Å².